The van der Waals surface area contributed by atoms with Crippen molar-refractivity contribution in [2.75, 3.05) is 0 Å². The van der Waals surface area contributed by atoms with Gasteiger partial charge in [-0.3, -0.25) is 0 Å². The molecule has 0 radical (unpaired) electrons. The van der Waals surface area contributed by atoms with Gasteiger partial charge in [0.15, 0.2) is 0 Å². The average Bonchev–Trinajstić information content (AvgIpc) is 2.40. The first-order valence-corrected chi connectivity index (χ1v) is 7.17. The van der Waals surface area contributed by atoms with Crippen molar-refractivity contribution in [3.05, 3.63) is 68.9 Å². The van der Waals surface area contributed by atoms with Crippen molar-refractivity contribution in [3.8, 4) is 0 Å². The average molecular weight is 343 g/mol. The lowest BCUT2D eigenvalue weighted by Crippen LogP contribution is -2.18. The van der Waals surface area contributed by atoms with Crippen LogP contribution < -0.4 is 5.32 Å². The van der Waals surface area contributed by atoms with Crippen LogP contribution in [0.5, 0.6) is 0 Å². The van der Waals surface area contributed by atoms with E-state index in [2.05, 4.69) is 28.2 Å². The fourth-order valence-corrected chi connectivity index (χ4v) is 2.45. The predicted molar refractivity (Wildman–Crippen MR) is 80.8 cm³/mol. The van der Waals surface area contributed by atoms with E-state index >= 15 is 0 Å². The Morgan fingerprint density at radius 3 is 2.74 bits per heavy atom. The third-order valence-corrected chi connectivity index (χ3v) is 4.10. The fraction of sp³-hybridized carbons (Fsp3) is 0.200. The van der Waals surface area contributed by atoms with Crippen LogP contribution in [0.2, 0.25) is 5.02 Å². The summed E-state index contributed by atoms with van der Waals surface area (Å²) >= 11 is 9.23. The van der Waals surface area contributed by atoms with E-state index in [-0.39, 0.29) is 11.9 Å². The quantitative estimate of drug-likeness (QED) is 0.816. The Balaban J connectivity index is 2.04. The fourth-order valence-electron chi connectivity index (χ4n) is 1.84. The molecule has 0 spiro atoms. The minimum absolute atomic E-state index is 0.147. The number of hydrogen-bond acceptors (Lipinski definition) is 1. The van der Waals surface area contributed by atoms with Gasteiger partial charge in [-0.15, -0.1) is 0 Å². The molecule has 0 amide bonds. The molecule has 1 unspecified atom stereocenters. The second-order valence-corrected chi connectivity index (χ2v) is 5.60. The summed E-state index contributed by atoms with van der Waals surface area (Å²) in [5.74, 6) is -0.241. The smallest absolute Gasteiger partial charge is 0.137 e. The molecule has 19 heavy (non-hydrogen) atoms. The van der Waals surface area contributed by atoms with Crippen molar-refractivity contribution in [3.63, 3.8) is 0 Å². The summed E-state index contributed by atoms with van der Waals surface area (Å²) in [7, 11) is 0. The van der Waals surface area contributed by atoms with Crippen LogP contribution in [-0.4, -0.2) is 0 Å². The van der Waals surface area contributed by atoms with Gasteiger partial charge in [0.2, 0.25) is 0 Å². The van der Waals surface area contributed by atoms with Gasteiger partial charge in [-0.25, -0.2) is 4.39 Å². The largest absolute Gasteiger partial charge is 0.306 e. The molecule has 2 aromatic carbocycles. The maximum absolute atomic E-state index is 13.4. The Morgan fingerprint density at radius 2 is 2.00 bits per heavy atom. The molecule has 100 valence electrons. The molecule has 0 aliphatic heterocycles. The van der Waals surface area contributed by atoms with Gasteiger partial charge in [0.05, 0.1) is 4.47 Å². The number of nitrogens with one attached hydrogen (secondary N) is 1. The Bertz CT molecular complexity index is 574. The Kier molecular flexibility index (Phi) is 4.97. The molecule has 0 aliphatic carbocycles. The highest BCUT2D eigenvalue weighted by Crippen LogP contribution is 2.22. The van der Waals surface area contributed by atoms with E-state index in [1.807, 2.05) is 30.3 Å². The molecule has 0 bridgehead atoms. The second kappa shape index (κ2) is 6.51. The highest BCUT2D eigenvalue weighted by atomic mass is 79.9. The van der Waals surface area contributed by atoms with Gasteiger partial charge in [-0.05, 0) is 52.2 Å². The lowest BCUT2D eigenvalue weighted by molar-refractivity contribution is 0.566. The summed E-state index contributed by atoms with van der Waals surface area (Å²) in [6.45, 7) is 2.64. The van der Waals surface area contributed by atoms with Crippen LogP contribution in [0, 0.1) is 5.82 Å². The topological polar surface area (TPSA) is 12.0 Å². The van der Waals surface area contributed by atoms with Crippen molar-refractivity contribution < 1.29 is 4.39 Å². The molecule has 0 aromatic heterocycles. The van der Waals surface area contributed by atoms with Crippen molar-refractivity contribution >= 4 is 27.5 Å². The highest BCUT2D eigenvalue weighted by Gasteiger charge is 2.08. The first-order valence-electron chi connectivity index (χ1n) is 5.99. The molecular formula is C15H14BrClFN. The van der Waals surface area contributed by atoms with Crippen LogP contribution in [0.15, 0.2) is 46.9 Å². The van der Waals surface area contributed by atoms with Crippen LogP contribution in [0.1, 0.15) is 24.1 Å². The van der Waals surface area contributed by atoms with Crippen molar-refractivity contribution in [2.45, 2.75) is 19.5 Å². The van der Waals surface area contributed by atoms with Gasteiger partial charge in [0.1, 0.15) is 5.82 Å². The molecule has 2 rings (SSSR count). The standard InChI is InChI=1S/C15H14BrClFN/c1-10(11-4-2-6-13(17)8-11)19-9-12-5-3-7-14(18)15(12)16/h2-8,10,19H,9H2,1H3. The van der Waals surface area contributed by atoms with Crippen LogP contribution in [-0.2, 0) is 6.54 Å². The zero-order valence-corrected chi connectivity index (χ0v) is 12.8. The molecule has 2 aromatic rings. The first-order chi connectivity index (χ1) is 9.08. The summed E-state index contributed by atoms with van der Waals surface area (Å²) in [4.78, 5) is 0. The number of halogens is 3. The van der Waals surface area contributed by atoms with Gasteiger partial charge in [0, 0.05) is 17.6 Å². The monoisotopic (exact) mass is 341 g/mol. The summed E-state index contributed by atoms with van der Waals surface area (Å²) in [5.41, 5.74) is 2.01. The normalized spacial score (nSPS) is 12.4. The summed E-state index contributed by atoms with van der Waals surface area (Å²) < 4.78 is 13.9. The van der Waals surface area contributed by atoms with Crippen LogP contribution in [0.3, 0.4) is 0 Å². The van der Waals surface area contributed by atoms with Gasteiger partial charge in [0.25, 0.3) is 0 Å². The van der Waals surface area contributed by atoms with Crippen molar-refractivity contribution in [2.24, 2.45) is 0 Å². The molecule has 4 heteroatoms. The Hall–Kier alpha value is -0.900. The summed E-state index contributed by atoms with van der Waals surface area (Å²) in [6.07, 6.45) is 0. The van der Waals surface area contributed by atoms with Crippen LogP contribution >= 0.6 is 27.5 Å². The number of hydrogen-bond donors (Lipinski definition) is 1. The summed E-state index contributed by atoms with van der Waals surface area (Å²) in [6, 6.07) is 12.9. The maximum Gasteiger partial charge on any atom is 0.137 e. The van der Waals surface area contributed by atoms with Crippen LogP contribution in [0.25, 0.3) is 0 Å². The lowest BCUT2D eigenvalue weighted by Gasteiger charge is -2.15. The van der Waals surface area contributed by atoms with E-state index in [4.69, 9.17) is 11.6 Å². The van der Waals surface area contributed by atoms with E-state index < -0.39 is 0 Å². The van der Waals surface area contributed by atoms with Gasteiger partial charge in [-0.2, -0.15) is 0 Å². The molecule has 1 nitrogen and oxygen atoms in total. The van der Waals surface area contributed by atoms with Gasteiger partial charge < -0.3 is 5.32 Å². The highest BCUT2D eigenvalue weighted by molar-refractivity contribution is 9.10. The van der Waals surface area contributed by atoms with Gasteiger partial charge in [-0.1, -0.05) is 35.9 Å². The maximum atomic E-state index is 13.4. The third-order valence-electron chi connectivity index (χ3n) is 2.98. The molecule has 0 aliphatic rings. The molecule has 0 saturated carbocycles. The summed E-state index contributed by atoms with van der Waals surface area (Å²) in [5, 5.41) is 4.08. The second-order valence-electron chi connectivity index (χ2n) is 4.37. The van der Waals surface area contributed by atoms with E-state index in [1.54, 1.807) is 6.07 Å². The first kappa shape index (κ1) is 14.5. The zero-order chi connectivity index (χ0) is 13.8. The van der Waals surface area contributed by atoms with E-state index in [9.17, 15) is 4.39 Å². The third kappa shape index (κ3) is 3.78. The molecule has 1 atom stereocenters. The van der Waals surface area contributed by atoms with Crippen molar-refractivity contribution in [1.29, 1.82) is 0 Å². The number of benzene rings is 2. The Morgan fingerprint density at radius 1 is 1.26 bits per heavy atom. The molecular weight excluding hydrogens is 329 g/mol. The van der Waals surface area contributed by atoms with Crippen molar-refractivity contribution in [1.82, 2.24) is 5.32 Å². The molecule has 1 N–H and O–H groups in total. The minimum atomic E-state index is -0.241. The lowest BCUT2D eigenvalue weighted by atomic mass is 10.1. The molecule has 0 saturated heterocycles. The molecule has 0 fully saturated rings. The SMILES string of the molecule is CC(NCc1cccc(F)c1Br)c1cccc(Cl)c1. The molecule has 0 heterocycles. The van der Waals surface area contributed by atoms with E-state index in [1.165, 1.54) is 6.07 Å². The minimum Gasteiger partial charge on any atom is -0.306 e. The predicted octanol–water partition coefficient (Wildman–Crippen LogP) is 5.09. The number of rotatable bonds is 4. The zero-order valence-electron chi connectivity index (χ0n) is 10.5. The van der Waals surface area contributed by atoms with E-state index in [0.717, 1.165) is 16.1 Å². The van der Waals surface area contributed by atoms with Gasteiger partial charge >= 0.3 is 0 Å². The van der Waals surface area contributed by atoms with Crippen LogP contribution in [0.4, 0.5) is 4.39 Å². The Labute approximate surface area is 125 Å². The van der Waals surface area contributed by atoms with E-state index in [0.29, 0.717) is 11.0 Å².